The van der Waals surface area contributed by atoms with E-state index >= 15 is 0 Å². The maximum Gasteiger partial charge on any atom is 0.338 e. The molecule has 0 unspecified atom stereocenters. The van der Waals surface area contributed by atoms with Crippen LogP contribution in [0.1, 0.15) is 29.8 Å². The van der Waals surface area contributed by atoms with Gasteiger partial charge in [0.25, 0.3) is 5.91 Å². The second-order valence-corrected chi connectivity index (χ2v) is 5.32. The van der Waals surface area contributed by atoms with Gasteiger partial charge in [-0.15, -0.1) is 0 Å². The minimum atomic E-state index is -0.898. The van der Waals surface area contributed by atoms with Crippen LogP contribution < -0.4 is 10.1 Å². The molecule has 2 rings (SSSR count). The van der Waals surface area contributed by atoms with E-state index in [4.69, 9.17) is 9.47 Å². The largest absolute Gasteiger partial charge is 0.497 e. The quantitative estimate of drug-likeness (QED) is 0.826. The number of benzene rings is 2. The van der Waals surface area contributed by atoms with E-state index in [1.165, 1.54) is 12.5 Å². The van der Waals surface area contributed by atoms with Crippen molar-refractivity contribution in [2.24, 2.45) is 0 Å². The molecule has 0 saturated heterocycles. The van der Waals surface area contributed by atoms with Crippen LogP contribution in [0.2, 0.25) is 0 Å². The van der Waals surface area contributed by atoms with Crippen molar-refractivity contribution in [3.05, 3.63) is 59.7 Å². The summed E-state index contributed by atoms with van der Waals surface area (Å²) in [5.74, 6) is -0.282. The number of hydrogen-bond donors (Lipinski definition) is 1. The summed E-state index contributed by atoms with van der Waals surface area (Å²) in [5.41, 5.74) is 2.22. The first-order chi connectivity index (χ1) is 11.5. The molecule has 0 aromatic heterocycles. The molecule has 0 heterocycles. The van der Waals surface area contributed by atoms with Crippen molar-refractivity contribution >= 4 is 17.6 Å². The molecule has 0 fully saturated rings. The number of rotatable bonds is 6. The predicted molar refractivity (Wildman–Crippen MR) is 92.3 cm³/mol. The lowest BCUT2D eigenvalue weighted by atomic mass is 10.1. The number of ether oxygens (including phenoxy) is 2. The number of amides is 1. The molecule has 0 aliphatic carbocycles. The van der Waals surface area contributed by atoms with Crippen LogP contribution in [-0.4, -0.2) is 25.1 Å². The highest BCUT2D eigenvalue weighted by Gasteiger charge is 2.19. The molecule has 0 aliphatic heterocycles. The molecule has 0 bridgehead atoms. The molecule has 5 heteroatoms. The van der Waals surface area contributed by atoms with Gasteiger partial charge in [0, 0.05) is 5.69 Å². The molecule has 0 radical (unpaired) electrons. The highest BCUT2D eigenvalue weighted by Crippen LogP contribution is 2.14. The molecular formula is C19H21NO4. The summed E-state index contributed by atoms with van der Waals surface area (Å²) in [7, 11) is 1.55. The average Bonchev–Trinajstić information content (AvgIpc) is 2.62. The van der Waals surface area contributed by atoms with Crippen molar-refractivity contribution in [3.63, 3.8) is 0 Å². The molecule has 0 spiro atoms. The van der Waals surface area contributed by atoms with E-state index in [1.54, 1.807) is 31.4 Å². The summed E-state index contributed by atoms with van der Waals surface area (Å²) in [4.78, 5) is 24.2. The van der Waals surface area contributed by atoms with E-state index in [9.17, 15) is 9.59 Å². The fourth-order valence-corrected chi connectivity index (χ4v) is 2.08. The van der Waals surface area contributed by atoms with E-state index in [0.717, 1.165) is 6.42 Å². The third kappa shape index (κ3) is 4.59. The van der Waals surface area contributed by atoms with Gasteiger partial charge in [-0.05, 0) is 55.3 Å². The number of anilines is 1. The van der Waals surface area contributed by atoms with Gasteiger partial charge in [-0.2, -0.15) is 0 Å². The summed E-state index contributed by atoms with van der Waals surface area (Å²) in [6, 6.07) is 14.1. The zero-order chi connectivity index (χ0) is 17.5. The molecular weight excluding hydrogens is 306 g/mol. The number of carbonyl (C=O) groups is 2. The van der Waals surface area contributed by atoms with Crippen molar-refractivity contribution in [2.75, 3.05) is 12.4 Å². The molecule has 2 aromatic rings. The Kier molecular flexibility index (Phi) is 5.95. The fourth-order valence-electron chi connectivity index (χ4n) is 2.08. The van der Waals surface area contributed by atoms with Gasteiger partial charge in [0.1, 0.15) is 5.75 Å². The van der Waals surface area contributed by atoms with Crippen molar-refractivity contribution < 1.29 is 19.1 Å². The maximum atomic E-state index is 12.1. The van der Waals surface area contributed by atoms with Gasteiger partial charge in [-0.3, -0.25) is 4.79 Å². The topological polar surface area (TPSA) is 64.6 Å². The van der Waals surface area contributed by atoms with E-state index in [0.29, 0.717) is 17.0 Å². The second kappa shape index (κ2) is 8.15. The Morgan fingerprint density at radius 2 is 1.67 bits per heavy atom. The van der Waals surface area contributed by atoms with Crippen molar-refractivity contribution in [1.29, 1.82) is 0 Å². The minimum absolute atomic E-state index is 0.364. The van der Waals surface area contributed by atoms with E-state index in [-0.39, 0.29) is 5.91 Å². The van der Waals surface area contributed by atoms with Crippen molar-refractivity contribution in [3.8, 4) is 5.75 Å². The summed E-state index contributed by atoms with van der Waals surface area (Å²) in [6.45, 7) is 3.60. The number of nitrogens with one attached hydrogen (secondary N) is 1. The third-order valence-electron chi connectivity index (χ3n) is 3.61. The average molecular weight is 327 g/mol. The van der Waals surface area contributed by atoms with Crippen LogP contribution >= 0.6 is 0 Å². The van der Waals surface area contributed by atoms with Crippen LogP contribution in [0.15, 0.2) is 48.5 Å². The second-order valence-electron chi connectivity index (χ2n) is 5.32. The number of aryl methyl sites for hydroxylation is 1. The summed E-state index contributed by atoms with van der Waals surface area (Å²) in [5, 5.41) is 2.73. The molecule has 0 saturated carbocycles. The van der Waals surface area contributed by atoms with Crippen LogP contribution in [0.5, 0.6) is 5.75 Å². The van der Waals surface area contributed by atoms with E-state index in [2.05, 4.69) is 12.2 Å². The zero-order valence-corrected chi connectivity index (χ0v) is 14.0. The molecule has 126 valence electrons. The monoisotopic (exact) mass is 327 g/mol. The lowest BCUT2D eigenvalue weighted by molar-refractivity contribution is -0.123. The van der Waals surface area contributed by atoms with Gasteiger partial charge in [0.2, 0.25) is 0 Å². The minimum Gasteiger partial charge on any atom is -0.497 e. The van der Waals surface area contributed by atoms with Crippen LogP contribution in [0, 0.1) is 0 Å². The first kappa shape index (κ1) is 17.5. The van der Waals surface area contributed by atoms with Gasteiger partial charge >= 0.3 is 5.97 Å². The van der Waals surface area contributed by atoms with Gasteiger partial charge in [0.05, 0.1) is 12.7 Å². The van der Waals surface area contributed by atoms with Crippen LogP contribution in [0.25, 0.3) is 0 Å². The molecule has 1 atom stereocenters. The molecule has 2 aromatic carbocycles. The Balaban J connectivity index is 1.93. The van der Waals surface area contributed by atoms with Crippen LogP contribution in [-0.2, 0) is 16.0 Å². The summed E-state index contributed by atoms with van der Waals surface area (Å²) in [6.07, 6.45) is 0.0369. The van der Waals surface area contributed by atoms with Crippen LogP contribution in [0.4, 0.5) is 5.69 Å². The highest BCUT2D eigenvalue weighted by molar-refractivity contribution is 5.97. The van der Waals surface area contributed by atoms with Gasteiger partial charge in [-0.25, -0.2) is 4.79 Å². The smallest absolute Gasteiger partial charge is 0.338 e. The summed E-state index contributed by atoms with van der Waals surface area (Å²) < 4.78 is 10.2. The van der Waals surface area contributed by atoms with E-state index < -0.39 is 12.1 Å². The first-order valence-corrected chi connectivity index (χ1v) is 7.78. The molecule has 1 N–H and O–H groups in total. The lowest BCUT2D eigenvalue weighted by Crippen LogP contribution is -2.30. The number of methoxy groups -OCH3 is 1. The fraction of sp³-hybridized carbons (Fsp3) is 0.263. The number of hydrogen-bond acceptors (Lipinski definition) is 4. The maximum absolute atomic E-state index is 12.1. The van der Waals surface area contributed by atoms with Crippen LogP contribution in [0.3, 0.4) is 0 Å². The Hall–Kier alpha value is -2.82. The normalized spacial score (nSPS) is 11.5. The predicted octanol–water partition coefficient (Wildman–Crippen LogP) is 3.44. The third-order valence-corrected chi connectivity index (χ3v) is 3.61. The van der Waals surface area contributed by atoms with Gasteiger partial charge in [0.15, 0.2) is 6.10 Å². The molecule has 5 nitrogen and oxygen atoms in total. The lowest BCUT2D eigenvalue weighted by Gasteiger charge is -2.14. The molecule has 1 amide bonds. The molecule has 24 heavy (non-hydrogen) atoms. The number of esters is 1. The SMILES string of the molecule is CCc1ccc(NC(=O)[C@H](C)OC(=O)c2ccc(OC)cc2)cc1. The van der Waals surface area contributed by atoms with Gasteiger partial charge < -0.3 is 14.8 Å². The summed E-state index contributed by atoms with van der Waals surface area (Å²) >= 11 is 0. The Labute approximate surface area is 141 Å². The molecule has 0 aliphatic rings. The standard InChI is InChI=1S/C19H21NO4/c1-4-14-5-9-16(10-6-14)20-18(21)13(2)24-19(22)15-7-11-17(23-3)12-8-15/h5-13H,4H2,1-3H3,(H,20,21)/t13-/m0/s1. The van der Waals surface area contributed by atoms with E-state index in [1.807, 2.05) is 24.3 Å². The Morgan fingerprint density at radius 1 is 1.04 bits per heavy atom. The first-order valence-electron chi connectivity index (χ1n) is 7.78. The number of carbonyl (C=O) groups excluding carboxylic acids is 2. The van der Waals surface area contributed by atoms with Crippen molar-refractivity contribution in [1.82, 2.24) is 0 Å². The zero-order valence-electron chi connectivity index (χ0n) is 14.0. The highest BCUT2D eigenvalue weighted by atomic mass is 16.5. The Morgan fingerprint density at radius 3 is 2.21 bits per heavy atom. The van der Waals surface area contributed by atoms with Crippen molar-refractivity contribution in [2.45, 2.75) is 26.4 Å². The Bertz CT molecular complexity index is 692. The van der Waals surface area contributed by atoms with Gasteiger partial charge in [-0.1, -0.05) is 19.1 Å².